The number of rotatable bonds is 4. The molecule has 4 nitrogen and oxygen atoms in total. The van der Waals surface area contributed by atoms with Gasteiger partial charge in [-0.15, -0.1) is 0 Å². The van der Waals surface area contributed by atoms with Gasteiger partial charge in [-0.05, 0) is 43.7 Å². The smallest absolute Gasteiger partial charge is 0.298 e. The fraction of sp³-hybridized carbons (Fsp3) is 0.400. The molecule has 2 aromatic rings. The molecule has 8 heteroatoms. The summed E-state index contributed by atoms with van der Waals surface area (Å²) in [6, 6.07) is 12.1. The van der Waals surface area contributed by atoms with Crippen molar-refractivity contribution in [3.63, 3.8) is 0 Å². The van der Waals surface area contributed by atoms with Gasteiger partial charge >= 0.3 is 6.18 Å². The van der Waals surface area contributed by atoms with Crippen LogP contribution in [0.5, 0.6) is 0 Å². The van der Waals surface area contributed by atoms with Crippen LogP contribution in [-0.4, -0.2) is 43.8 Å². The molecule has 1 saturated heterocycles. The Kier molecular flexibility index (Phi) is 6.12. The highest BCUT2D eigenvalue weighted by atomic mass is 32.2. The van der Waals surface area contributed by atoms with Gasteiger partial charge in [0.2, 0.25) is 10.0 Å². The molecule has 1 fully saturated rings. The number of halogens is 3. The minimum atomic E-state index is -4.57. The monoisotopic (exact) mass is 412 g/mol. The summed E-state index contributed by atoms with van der Waals surface area (Å²) in [5, 5.41) is 0. The second kappa shape index (κ2) is 8.23. The number of nitrogens with zero attached hydrogens (tertiary/aromatic N) is 2. The molecule has 1 aliphatic heterocycles. The second-order valence-corrected chi connectivity index (χ2v) is 8.98. The molecule has 0 bridgehead atoms. The first-order valence-corrected chi connectivity index (χ1v) is 10.6. The van der Waals surface area contributed by atoms with Crippen LogP contribution in [0.15, 0.2) is 53.4 Å². The predicted octanol–water partition coefficient (Wildman–Crippen LogP) is 3.91. The molecule has 152 valence electrons. The molecule has 0 atom stereocenters. The lowest BCUT2D eigenvalue weighted by Gasteiger charge is -2.22. The molecule has 1 aliphatic rings. The zero-order valence-electron chi connectivity index (χ0n) is 15.6. The summed E-state index contributed by atoms with van der Waals surface area (Å²) in [6.45, 7) is 4.56. The van der Waals surface area contributed by atoms with Crippen molar-refractivity contribution in [2.75, 3.05) is 26.2 Å². The van der Waals surface area contributed by atoms with Gasteiger partial charge in [0.25, 0.3) is 0 Å². The van der Waals surface area contributed by atoms with E-state index in [0.29, 0.717) is 25.6 Å². The zero-order chi connectivity index (χ0) is 20.4. The van der Waals surface area contributed by atoms with Crippen LogP contribution in [0.2, 0.25) is 0 Å². The third kappa shape index (κ3) is 4.92. The third-order valence-electron chi connectivity index (χ3n) is 4.87. The summed E-state index contributed by atoms with van der Waals surface area (Å²) in [7, 11) is -3.96. The molecule has 28 heavy (non-hydrogen) atoms. The van der Waals surface area contributed by atoms with E-state index in [2.05, 4.69) is 17.0 Å². The van der Waals surface area contributed by atoms with Crippen molar-refractivity contribution < 1.29 is 21.6 Å². The minimum absolute atomic E-state index is 0.254. The van der Waals surface area contributed by atoms with Crippen LogP contribution >= 0.6 is 0 Å². The Bertz CT molecular complexity index is 912. The van der Waals surface area contributed by atoms with Crippen LogP contribution in [0.25, 0.3) is 0 Å². The van der Waals surface area contributed by atoms with Crippen LogP contribution < -0.4 is 0 Å². The maximum Gasteiger partial charge on any atom is 0.416 e. The molecular formula is C20H23F3N2O2S. The van der Waals surface area contributed by atoms with E-state index in [1.807, 2.05) is 19.1 Å². The Morgan fingerprint density at radius 3 is 2.36 bits per heavy atom. The lowest BCUT2D eigenvalue weighted by Crippen LogP contribution is -2.35. The Balaban J connectivity index is 1.71. The summed E-state index contributed by atoms with van der Waals surface area (Å²) in [5.41, 5.74) is 1.38. The fourth-order valence-corrected chi connectivity index (χ4v) is 4.80. The van der Waals surface area contributed by atoms with Gasteiger partial charge < -0.3 is 0 Å². The molecule has 0 aromatic heterocycles. The lowest BCUT2D eigenvalue weighted by molar-refractivity contribution is -0.137. The van der Waals surface area contributed by atoms with Crippen molar-refractivity contribution in [3.05, 3.63) is 65.2 Å². The molecule has 0 radical (unpaired) electrons. The number of hydrogen-bond acceptors (Lipinski definition) is 3. The third-order valence-corrected chi connectivity index (χ3v) is 6.77. The fourth-order valence-electron chi connectivity index (χ4n) is 3.28. The van der Waals surface area contributed by atoms with E-state index in [-0.39, 0.29) is 11.4 Å². The SMILES string of the molecule is Cc1ccc(CN2CCCN(S(=O)(=O)c3cccc(C(F)(F)F)c3)CC2)cc1. The Hall–Kier alpha value is -1.90. The summed E-state index contributed by atoms with van der Waals surface area (Å²) in [6.07, 6.45) is -3.95. The Morgan fingerprint density at radius 2 is 1.68 bits per heavy atom. The quantitative estimate of drug-likeness (QED) is 0.765. The number of aryl methyl sites for hydroxylation is 1. The first-order chi connectivity index (χ1) is 13.2. The van der Waals surface area contributed by atoms with Gasteiger partial charge in [-0.1, -0.05) is 35.9 Å². The van der Waals surface area contributed by atoms with Gasteiger partial charge in [0.15, 0.2) is 0 Å². The van der Waals surface area contributed by atoms with Crippen LogP contribution in [0.1, 0.15) is 23.1 Å². The van der Waals surface area contributed by atoms with E-state index in [1.54, 1.807) is 0 Å². The van der Waals surface area contributed by atoms with E-state index >= 15 is 0 Å². The van der Waals surface area contributed by atoms with E-state index in [0.717, 1.165) is 30.8 Å². The van der Waals surface area contributed by atoms with Crippen molar-refractivity contribution in [2.45, 2.75) is 31.0 Å². The van der Waals surface area contributed by atoms with Crippen molar-refractivity contribution in [1.29, 1.82) is 0 Å². The van der Waals surface area contributed by atoms with Gasteiger partial charge in [0.05, 0.1) is 10.5 Å². The van der Waals surface area contributed by atoms with Crippen molar-refractivity contribution >= 4 is 10.0 Å². The topological polar surface area (TPSA) is 40.6 Å². The number of alkyl halides is 3. The first-order valence-electron chi connectivity index (χ1n) is 9.11. The average molecular weight is 412 g/mol. The zero-order valence-corrected chi connectivity index (χ0v) is 16.4. The van der Waals surface area contributed by atoms with E-state index in [9.17, 15) is 21.6 Å². The molecule has 1 heterocycles. The summed E-state index contributed by atoms with van der Waals surface area (Å²) < 4.78 is 65.8. The highest BCUT2D eigenvalue weighted by Gasteiger charge is 2.33. The molecular weight excluding hydrogens is 389 g/mol. The molecule has 2 aromatic carbocycles. The highest BCUT2D eigenvalue weighted by Crippen LogP contribution is 2.31. The normalized spacial score (nSPS) is 17.4. The van der Waals surface area contributed by atoms with Crippen LogP contribution in [0, 0.1) is 6.92 Å². The Morgan fingerprint density at radius 1 is 0.964 bits per heavy atom. The van der Waals surface area contributed by atoms with E-state index in [1.165, 1.54) is 15.9 Å². The van der Waals surface area contributed by atoms with Crippen molar-refractivity contribution in [3.8, 4) is 0 Å². The predicted molar refractivity (Wildman–Crippen MR) is 101 cm³/mol. The molecule has 0 amide bonds. The highest BCUT2D eigenvalue weighted by molar-refractivity contribution is 7.89. The van der Waals surface area contributed by atoms with Crippen LogP contribution in [-0.2, 0) is 22.7 Å². The van der Waals surface area contributed by atoms with Gasteiger partial charge in [-0.2, -0.15) is 17.5 Å². The van der Waals surface area contributed by atoms with E-state index in [4.69, 9.17) is 0 Å². The lowest BCUT2D eigenvalue weighted by atomic mass is 10.1. The molecule has 0 saturated carbocycles. The molecule has 0 N–H and O–H groups in total. The molecule has 0 spiro atoms. The molecule has 0 unspecified atom stereocenters. The number of hydrogen-bond donors (Lipinski definition) is 0. The molecule has 0 aliphatic carbocycles. The first kappa shape index (κ1) is 20.8. The standard InChI is InChI=1S/C20H23F3N2O2S/c1-16-6-8-17(9-7-16)15-24-10-3-11-25(13-12-24)28(26,27)19-5-2-4-18(14-19)20(21,22)23/h2,4-9,14H,3,10-13,15H2,1H3. The average Bonchev–Trinajstić information content (AvgIpc) is 2.89. The van der Waals surface area contributed by atoms with Gasteiger partial charge in [0, 0.05) is 26.2 Å². The largest absolute Gasteiger partial charge is 0.416 e. The van der Waals surface area contributed by atoms with Gasteiger partial charge in [-0.3, -0.25) is 4.90 Å². The summed E-state index contributed by atoms with van der Waals surface area (Å²) in [4.78, 5) is 1.86. The van der Waals surface area contributed by atoms with Crippen LogP contribution in [0.4, 0.5) is 13.2 Å². The summed E-state index contributed by atoms with van der Waals surface area (Å²) >= 11 is 0. The minimum Gasteiger partial charge on any atom is -0.298 e. The second-order valence-electron chi connectivity index (χ2n) is 7.04. The molecule has 3 rings (SSSR count). The van der Waals surface area contributed by atoms with E-state index < -0.39 is 21.8 Å². The maximum atomic E-state index is 12.9. The van der Waals surface area contributed by atoms with Crippen molar-refractivity contribution in [2.24, 2.45) is 0 Å². The number of benzene rings is 2. The van der Waals surface area contributed by atoms with Gasteiger partial charge in [-0.25, -0.2) is 8.42 Å². The Labute approximate surface area is 163 Å². The summed E-state index contributed by atoms with van der Waals surface area (Å²) in [5.74, 6) is 0. The van der Waals surface area contributed by atoms with Gasteiger partial charge in [0.1, 0.15) is 0 Å². The van der Waals surface area contributed by atoms with Crippen molar-refractivity contribution in [1.82, 2.24) is 9.21 Å². The van der Waals surface area contributed by atoms with Crippen LogP contribution in [0.3, 0.4) is 0 Å². The maximum absolute atomic E-state index is 12.9. The number of sulfonamides is 1.